The molecular weight excluding hydrogens is 344 g/mol. The third kappa shape index (κ3) is 2.85. The Labute approximate surface area is 121 Å². The predicted molar refractivity (Wildman–Crippen MR) is 76.1 cm³/mol. The van der Waals surface area contributed by atoms with Gasteiger partial charge in [0.2, 0.25) is 0 Å². The minimum Gasteiger partial charge on any atom is -0.396 e. The average molecular weight is 351 g/mol. The normalized spacial score (nSPS) is 10.4. The van der Waals surface area contributed by atoms with Gasteiger partial charge in [-0.15, -0.1) is 0 Å². The Morgan fingerprint density at radius 3 is 2.61 bits per heavy atom. The van der Waals surface area contributed by atoms with Gasteiger partial charge in [-0.2, -0.15) is 0 Å². The van der Waals surface area contributed by atoms with Crippen LogP contribution in [0.4, 0.5) is 21.6 Å². The van der Waals surface area contributed by atoms with Gasteiger partial charge < -0.3 is 11.1 Å². The molecule has 0 aliphatic heterocycles. The van der Waals surface area contributed by atoms with Crippen molar-refractivity contribution in [2.24, 2.45) is 0 Å². The fourth-order valence-electron chi connectivity index (χ4n) is 1.34. The zero-order chi connectivity index (χ0) is 13.3. The summed E-state index contributed by atoms with van der Waals surface area (Å²) >= 11 is 14.9. The Morgan fingerprint density at radius 1 is 1.28 bits per heavy atom. The summed E-state index contributed by atoms with van der Waals surface area (Å²) in [5, 5.41) is 3.58. The first-order chi connectivity index (χ1) is 8.47. The van der Waals surface area contributed by atoms with Crippen LogP contribution in [0.3, 0.4) is 0 Å². The number of anilines is 3. The number of nitrogens with two attached hydrogens (primary N) is 1. The number of aromatic nitrogens is 1. The highest BCUT2D eigenvalue weighted by molar-refractivity contribution is 9.10. The number of nitrogen functional groups attached to an aromatic ring is 1. The number of hydrogen-bond donors (Lipinski definition) is 2. The monoisotopic (exact) mass is 349 g/mol. The SMILES string of the molecule is Nc1cc(Cl)cnc1Nc1c(Cl)cc(F)cc1Br. The smallest absolute Gasteiger partial charge is 0.153 e. The zero-order valence-electron chi connectivity index (χ0n) is 8.85. The van der Waals surface area contributed by atoms with Gasteiger partial charge >= 0.3 is 0 Å². The molecule has 7 heteroatoms. The van der Waals surface area contributed by atoms with Crippen LogP contribution >= 0.6 is 39.1 Å². The maximum atomic E-state index is 13.1. The molecule has 2 aromatic rings. The van der Waals surface area contributed by atoms with E-state index in [4.69, 9.17) is 28.9 Å². The Morgan fingerprint density at radius 2 is 2.00 bits per heavy atom. The number of nitrogens with one attached hydrogen (secondary N) is 1. The summed E-state index contributed by atoms with van der Waals surface area (Å²) in [6.45, 7) is 0. The van der Waals surface area contributed by atoms with E-state index in [1.165, 1.54) is 18.3 Å². The number of rotatable bonds is 2. The number of benzene rings is 1. The van der Waals surface area contributed by atoms with Crippen molar-refractivity contribution < 1.29 is 4.39 Å². The molecule has 0 fully saturated rings. The molecule has 0 bridgehead atoms. The lowest BCUT2D eigenvalue weighted by atomic mass is 10.3. The van der Waals surface area contributed by atoms with Gasteiger partial charge in [-0.05, 0) is 34.1 Å². The quantitative estimate of drug-likeness (QED) is 0.831. The maximum Gasteiger partial charge on any atom is 0.153 e. The molecule has 3 N–H and O–H groups in total. The molecule has 3 nitrogen and oxygen atoms in total. The summed E-state index contributed by atoms with van der Waals surface area (Å²) in [7, 11) is 0. The second-order valence-electron chi connectivity index (χ2n) is 3.46. The highest BCUT2D eigenvalue weighted by atomic mass is 79.9. The predicted octanol–water partition coefficient (Wildman–Crippen LogP) is 4.62. The van der Waals surface area contributed by atoms with E-state index in [9.17, 15) is 4.39 Å². The van der Waals surface area contributed by atoms with Crippen LogP contribution in [0.1, 0.15) is 0 Å². The van der Waals surface area contributed by atoms with Gasteiger partial charge in [0.05, 0.1) is 21.4 Å². The van der Waals surface area contributed by atoms with Crippen LogP contribution in [-0.2, 0) is 0 Å². The number of hydrogen-bond acceptors (Lipinski definition) is 3. The van der Waals surface area contributed by atoms with Crippen LogP contribution < -0.4 is 11.1 Å². The average Bonchev–Trinajstić information content (AvgIpc) is 2.25. The zero-order valence-corrected chi connectivity index (χ0v) is 11.9. The molecule has 0 saturated heterocycles. The molecule has 0 amide bonds. The van der Waals surface area contributed by atoms with Crippen molar-refractivity contribution in [1.82, 2.24) is 4.98 Å². The lowest BCUT2D eigenvalue weighted by molar-refractivity contribution is 0.627. The van der Waals surface area contributed by atoms with Crippen LogP contribution in [0.2, 0.25) is 10.0 Å². The van der Waals surface area contributed by atoms with Gasteiger partial charge in [-0.25, -0.2) is 9.37 Å². The van der Waals surface area contributed by atoms with Gasteiger partial charge in [0.15, 0.2) is 5.82 Å². The van der Waals surface area contributed by atoms with E-state index in [0.717, 1.165) is 0 Å². The third-order valence-corrected chi connectivity index (χ3v) is 3.26. The Kier molecular flexibility index (Phi) is 3.94. The Balaban J connectivity index is 2.40. The Bertz CT molecular complexity index is 584. The minimum absolute atomic E-state index is 0.220. The molecule has 0 spiro atoms. The molecule has 94 valence electrons. The second kappa shape index (κ2) is 5.30. The Hall–Kier alpha value is -1.04. The van der Waals surface area contributed by atoms with E-state index in [1.807, 2.05) is 0 Å². The van der Waals surface area contributed by atoms with Crippen LogP contribution in [-0.4, -0.2) is 4.98 Å². The van der Waals surface area contributed by atoms with Crippen molar-refractivity contribution in [2.75, 3.05) is 11.1 Å². The fraction of sp³-hybridized carbons (Fsp3) is 0. The van der Waals surface area contributed by atoms with Crippen LogP contribution in [0.5, 0.6) is 0 Å². The van der Waals surface area contributed by atoms with E-state index in [1.54, 1.807) is 6.07 Å². The molecule has 0 unspecified atom stereocenters. The van der Waals surface area contributed by atoms with Crippen molar-refractivity contribution in [3.63, 3.8) is 0 Å². The molecule has 0 radical (unpaired) electrons. The summed E-state index contributed by atoms with van der Waals surface area (Å²) in [6.07, 6.45) is 1.45. The maximum absolute atomic E-state index is 13.1. The molecule has 0 aliphatic carbocycles. The summed E-state index contributed by atoms with van der Waals surface area (Å²) in [5.74, 6) is -0.0388. The standard InChI is InChI=1S/C11H7BrCl2FN3/c12-7-2-6(15)3-8(14)10(7)18-11-9(16)1-5(13)4-17-11/h1-4H,16H2,(H,17,18). The van der Waals surface area contributed by atoms with E-state index < -0.39 is 5.82 Å². The largest absolute Gasteiger partial charge is 0.396 e. The summed E-state index contributed by atoms with van der Waals surface area (Å²) in [6, 6.07) is 4.04. The summed E-state index contributed by atoms with van der Waals surface area (Å²) < 4.78 is 13.6. The van der Waals surface area contributed by atoms with Crippen molar-refractivity contribution in [3.05, 3.63) is 44.7 Å². The first-order valence-electron chi connectivity index (χ1n) is 4.80. The number of nitrogens with zero attached hydrogens (tertiary/aromatic N) is 1. The molecular formula is C11H7BrCl2FN3. The van der Waals surface area contributed by atoms with Crippen molar-refractivity contribution in [3.8, 4) is 0 Å². The van der Waals surface area contributed by atoms with Crippen molar-refractivity contribution in [2.45, 2.75) is 0 Å². The van der Waals surface area contributed by atoms with Gasteiger partial charge in [-0.3, -0.25) is 0 Å². The molecule has 2 rings (SSSR count). The molecule has 0 atom stereocenters. The fourth-order valence-corrected chi connectivity index (χ4v) is 2.40. The van der Waals surface area contributed by atoms with Crippen molar-refractivity contribution in [1.29, 1.82) is 0 Å². The van der Waals surface area contributed by atoms with E-state index >= 15 is 0 Å². The van der Waals surface area contributed by atoms with Crippen LogP contribution in [0, 0.1) is 5.82 Å². The molecule has 0 saturated carbocycles. The van der Waals surface area contributed by atoms with Crippen molar-refractivity contribution >= 4 is 56.3 Å². The van der Waals surface area contributed by atoms with Gasteiger partial charge in [0.25, 0.3) is 0 Å². The second-order valence-corrected chi connectivity index (χ2v) is 5.16. The highest BCUT2D eigenvalue weighted by Crippen LogP contribution is 2.35. The number of halogens is 4. The minimum atomic E-state index is -0.436. The lowest BCUT2D eigenvalue weighted by Crippen LogP contribution is -2.00. The first kappa shape index (κ1) is 13.4. The van der Waals surface area contributed by atoms with Crippen LogP contribution in [0.15, 0.2) is 28.9 Å². The van der Waals surface area contributed by atoms with E-state index in [-0.39, 0.29) is 5.02 Å². The molecule has 1 heterocycles. The van der Waals surface area contributed by atoms with Gasteiger partial charge in [-0.1, -0.05) is 23.2 Å². The van der Waals surface area contributed by atoms with E-state index in [0.29, 0.717) is 26.7 Å². The highest BCUT2D eigenvalue weighted by Gasteiger charge is 2.10. The van der Waals surface area contributed by atoms with E-state index in [2.05, 4.69) is 26.2 Å². The molecule has 1 aromatic heterocycles. The topological polar surface area (TPSA) is 50.9 Å². The number of pyridine rings is 1. The molecule has 18 heavy (non-hydrogen) atoms. The summed E-state index contributed by atoms with van der Waals surface area (Å²) in [4.78, 5) is 4.04. The van der Waals surface area contributed by atoms with Gasteiger partial charge in [0.1, 0.15) is 5.82 Å². The third-order valence-electron chi connectivity index (χ3n) is 2.13. The molecule has 1 aromatic carbocycles. The van der Waals surface area contributed by atoms with Gasteiger partial charge in [0, 0.05) is 10.7 Å². The van der Waals surface area contributed by atoms with Crippen LogP contribution in [0.25, 0.3) is 0 Å². The lowest BCUT2D eigenvalue weighted by Gasteiger charge is -2.11. The summed E-state index contributed by atoms with van der Waals surface area (Å²) in [5.41, 5.74) is 6.61. The molecule has 0 aliphatic rings. The first-order valence-corrected chi connectivity index (χ1v) is 6.35.